The molecule has 2 rings (SSSR count). The largest absolute Gasteiger partial charge is 0.329 e. The predicted octanol–water partition coefficient (Wildman–Crippen LogP) is 2.46. The van der Waals surface area contributed by atoms with E-state index in [1.54, 1.807) is 0 Å². The van der Waals surface area contributed by atoms with Crippen LogP contribution in [0.25, 0.3) is 0 Å². The molecule has 1 heterocycles. The summed E-state index contributed by atoms with van der Waals surface area (Å²) in [7, 11) is 0. The Bertz CT molecular complexity index is 515. The van der Waals surface area contributed by atoms with Gasteiger partial charge in [-0.1, -0.05) is 11.6 Å². The normalized spacial score (nSPS) is 18.6. The molecule has 1 atom stereocenters. The molecule has 1 aromatic carbocycles. The summed E-state index contributed by atoms with van der Waals surface area (Å²) < 4.78 is 13.6. The van der Waals surface area contributed by atoms with E-state index in [1.807, 2.05) is 6.07 Å². The zero-order chi connectivity index (χ0) is 13.1. The van der Waals surface area contributed by atoms with Crippen molar-refractivity contribution in [2.45, 2.75) is 12.5 Å². The zero-order valence-electron chi connectivity index (χ0n) is 9.49. The Morgan fingerprint density at radius 1 is 1.61 bits per heavy atom. The molecule has 0 bridgehead atoms. The summed E-state index contributed by atoms with van der Waals surface area (Å²) in [6, 6.07) is 5.52. The fraction of sp³-hybridized carbons (Fsp3) is 0.333. The maximum absolute atomic E-state index is 13.6. The molecule has 1 aliphatic heterocycles. The molecule has 6 heteroatoms. The fourth-order valence-electron chi connectivity index (χ4n) is 1.92. The van der Waals surface area contributed by atoms with Gasteiger partial charge in [0, 0.05) is 23.7 Å². The molecule has 0 aliphatic carbocycles. The van der Waals surface area contributed by atoms with Gasteiger partial charge in [-0.05, 0) is 18.2 Å². The summed E-state index contributed by atoms with van der Waals surface area (Å²) >= 11 is 5.82. The number of urea groups is 1. The van der Waals surface area contributed by atoms with Crippen molar-refractivity contribution >= 4 is 17.6 Å². The number of carbonyl (C=O) groups excluding carboxylic acids is 1. The third-order valence-corrected chi connectivity index (χ3v) is 3.05. The average molecular weight is 268 g/mol. The molecule has 2 amide bonds. The van der Waals surface area contributed by atoms with Crippen LogP contribution in [0.3, 0.4) is 0 Å². The number of carbonyl (C=O) groups is 1. The highest BCUT2D eigenvalue weighted by Gasteiger charge is 2.30. The van der Waals surface area contributed by atoms with Crippen molar-refractivity contribution in [2.75, 3.05) is 13.1 Å². The van der Waals surface area contributed by atoms with Crippen LogP contribution in [0.2, 0.25) is 5.02 Å². The SMILES string of the molecule is N#CCCN1CC(c2cc(Cl)ccc2F)NC1=O. The molecule has 1 fully saturated rings. The Labute approximate surface area is 109 Å². The Morgan fingerprint density at radius 3 is 3.11 bits per heavy atom. The van der Waals surface area contributed by atoms with Crippen molar-refractivity contribution in [3.63, 3.8) is 0 Å². The lowest BCUT2D eigenvalue weighted by atomic mass is 10.1. The average Bonchev–Trinajstić information content (AvgIpc) is 2.71. The molecule has 0 saturated carbocycles. The van der Waals surface area contributed by atoms with Gasteiger partial charge in [-0.15, -0.1) is 0 Å². The number of rotatable bonds is 3. The molecule has 1 N–H and O–H groups in total. The first-order valence-corrected chi connectivity index (χ1v) is 5.87. The highest BCUT2D eigenvalue weighted by atomic mass is 35.5. The molecule has 0 aromatic heterocycles. The number of hydrogen-bond donors (Lipinski definition) is 1. The van der Waals surface area contributed by atoms with E-state index in [2.05, 4.69) is 5.32 Å². The van der Waals surface area contributed by atoms with E-state index in [0.717, 1.165) is 0 Å². The van der Waals surface area contributed by atoms with E-state index < -0.39 is 11.9 Å². The minimum Gasteiger partial charge on any atom is -0.329 e. The molecule has 1 aromatic rings. The molecule has 1 saturated heterocycles. The van der Waals surface area contributed by atoms with Gasteiger partial charge in [-0.3, -0.25) is 0 Å². The van der Waals surface area contributed by atoms with E-state index >= 15 is 0 Å². The van der Waals surface area contributed by atoms with Crippen LogP contribution in [-0.4, -0.2) is 24.0 Å². The van der Waals surface area contributed by atoms with Gasteiger partial charge in [-0.25, -0.2) is 9.18 Å². The molecular weight excluding hydrogens is 257 g/mol. The quantitative estimate of drug-likeness (QED) is 0.915. The lowest BCUT2D eigenvalue weighted by Gasteiger charge is -2.13. The lowest BCUT2D eigenvalue weighted by Crippen LogP contribution is -2.28. The second-order valence-electron chi connectivity index (χ2n) is 4.02. The van der Waals surface area contributed by atoms with E-state index in [9.17, 15) is 9.18 Å². The number of hydrogen-bond acceptors (Lipinski definition) is 2. The Hall–Kier alpha value is -1.80. The predicted molar refractivity (Wildman–Crippen MR) is 64.5 cm³/mol. The van der Waals surface area contributed by atoms with Crippen LogP contribution in [0.5, 0.6) is 0 Å². The van der Waals surface area contributed by atoms with Crippen molar-refractivity contribution in [2.24, 2.45) is 0 Å². The summed E-state index contributed by atoms with van der Waals surface area (Å²) in [5, 5.41) is 11.6. The molecule has 94 valence electrons. The number of amides is 2. The topological polar surface area (TPSA) is 56.1 Å². The highest BCUT2D eigenvalue weighted by Crippen LogP contribution is 2.25. The Kier molecular flexibility index (Phi) is 3.68. The second kappa shape index (κ2) is 5.23. The van der Waals surface area contributed by atoms with Crippen molar-refractivity contribution in [1.29, 1.82) is 5.26 Å². The maximum atomic E-state index is 13.6. The van der Waals surface area contributed by atoms with Gasteiger partial charge in [0.25, 0.3) is 0 Å². The van der Waals surface area contributed by atoms with Gasteiger partial charge in [0.2, 0.25) is 0 Å². The first kappa shape index (κ1) is 12.7. The van der Waals surface area contributed by atoms with Crippen LogP contribution < -0.4 is 5.32 Å². The molecule has 4 nitrogen and oxygen atoms in total. The van der Waals surface area contributed by atoms with Gasteiger partial charge in [0.15, 0.2) is 0 Å². The maximum Gasteiger partial charge on any atom is 0.318 e. The summed E-state index contributed by atoms with van der Waals surface area (Å²) in [4.78, 5) is 13.1. The number of nitrogens with one attached hydrogen (secondary N) is 1. The van der Waals surface area contributed by atoms with Gasteiger partial charge in [0.05, 0.1) is 18.5 Å². The van der Waals surface area contributed by atoms with Gasteiger partial charge < -0.3 is 10.2 Å². The molecule has 0 radical (unpaired) electrons. The summed E-state index contributed by atoms with van der Waals surface area (Å²) in [6.07, 6.45) is 0.262. The van der Waals surface area contributed by atoms with Crippen LogP contribution in [-0.2, 0) is 0 Å². The fourth-order valence-corrected chi connectivity index (χ4v) is 2.11. The number of nitrogens with zero attached hydrogens (tertiary/aromatic N) is 2. The van der Waals surface area contributed by atoms with E-state index in [1.165, 1.54) is 23.1 Å². The third kappa shape index (κ3) is 2.54. The smallest absolute Gasteiger partial charge is 0.318 e. The first-order chi connectivity index (χ1) is 8.61. The van der Waals surface area contributed by atoms with E-state index in [-0.39, 0.29) is 12.5 Å². The second-order valence-corrected chi connectivity index (χ2v) is 4.46. The van der Waals surface area contributed by atoms with Crippen LogP contribution in [0.4, 0.5) is 9.18 Å². The third-order valence-electron chi connectivity index (χ3n) is 2.81. The van der Waals surface area contributed by atoms with Crippen molar-refractivity contribution in [1.82, 2.24) is 10.2 Å². The van der Waals surface area contributed by atoms with Gasteiger partial charge >= 0.3 is 6.03 Å². The van der Waals surface area contributed by atoms with Crippen LogP contribution in [0.1, 0.15) is 18.0 Å². The van der Waals surface area contributed by atoms with Crippen molar-refractivity contribution < 1.29 is 9.18 Å². The van der Waals surface area contributed by atoms with Gasteiger partial charge in [0.1, 0.15) is 5.82 Å². The standard InChI is InChI=1S/C12H11ClFN3O/c13-8-2-3-10(14)9(6-8)11-7-17(5-1-4-15)12(18)16-11/h2-3,6,11H,1,5,7H2,(H,16,18). The lowest BCUT2D eigenvalue weighted by molar-refractivity contribution is 0.218. The highest BCUT2D eigenvalue weighted by molar-refractivity contribution is 6.30. The molecular formula is C12H11ClFN3O. The summed E-state index contributed by atoms with van der Waals surface area (Å²) in [5.74, 6) is -0.396. The Balaban J connectivity index is 2.14. The number of nitriles is 1. The summed E-state index contributed by atoms with van der Waals surface area (Å²) in [6.45, 7) is 0.693. The molecule has 1 unspecified atom stereocenters. The number of halogens is 2. The summed E-state index contributed by atoms with van der Waals surface area (Å²) in [5.41, 5.74) is 0.371. The van der Waals surface area contributed by atoms with Crippen LogP contribution in [0.15, 0.2) is 18.2 Å². The number of benzene rings is 1. The van der Waals surface area contributed by atoms with Gasteiger partial charge in [-0.2, -0.15) is 5.26 Å². The zero-order valence-corrected chi connectivity index (χ0v) is 10.2. The Morgan fingerprint density at radius 2 is 2.39 bits per heavy atom. The molecule has 18 heavy (non-hydrogen) atoms. The monoisotopic (exact) mass is 267 g/mol. The first-order valence-electron chi connectivity index (χ1n) is 5.49. The minimum atomic E-state index is -0.421. The van der Waals surface area contributed by atoms with E-state index in [4.69, 9.17) is 16.9 Å². The molecule has 1 aliphatic rings. The molecule has 0 spiro atoms. The van der Waals surface area contributed by atoms with Crippen LogP contribution >= 0.6 is 11.6 Å². The van der Waals surface area contributed by atoms with E-state index in [0.29, 0.717) is 23.7 Å². The van der Waals surface area contributed by atoms with Crippen molar-refractivity contribution in [3.8, 4) is 6.07 Å². The minimum absolute atomic E-state index is 0.262. The van der Waals surface area contributed by atoms with Crippen molar-refractivity contribution in [3.05, 3.63) is 34.6 Å². The van der Waals surface area contributed by atoms with Crippen LogP contribution in [0, 0.1) is 17.1 Å².